The Labute approximate surface area is 145 Å². The maximum Gasteiger partial charge on any atom is 0.168 e. The summed E-state index contributed by atoms with van der Waals surface area (Å²) in [6.07, 6.45) is 6.35. The van der Waals surface area contributed by atoms with Crippen LogP contribution in [0.4, 0.5) is 0 Å². The zero-order valence-electron chi connectivity index (χ0n) is 14.8. The van der Waals surface area contributed by atoms with Crippen molar-refractivity contribution in [2.45, 2.75) is 76.1 Å². The summed E-state index contributed by atoms with van der Waals surface area (Å²) >= 11 is 0. The molecule has 3 saturated carbocycles. The summed E-state index contributed by atoms with van der Waals surface area (Å²) in [7, 11) is 1.59. The van der Waals surface area contributed by atoms with E-state index in [1.807, 2.05) is 6.92 Å². The molecular formula is C20H30O4. The van der Waals surface area contributed by atoms with Crippen LogP contribution in [0.25, 0.3) is 0 Å². The molecule has 3 rings (SSSR count). The van der Waals surface area contributed by atoms with E-state index in [0.29, 0.717) is 12.8 Å². The fourth-order valence-corrected chi connectivity index (χ4v) is 5.19. The van der Waals surface area contributed by atoms with E-state index < -0.39 is 17.8 Å². The average Bonchev–Trinajstić information content (AvgIpc) is 2.62. The smallest absolute Gasteiger partial charge is 0.168 e. The number of ketones is 1. The van der Waals surface area contributed by atoms with Gasteiger partial charge in [0.1, 0.15) is 11.7 Å². The molecule has 0 aromatic rings. The number of ether oxygens (including phenoxy) is 1. The van der Waals surface area contributed by atoms with Crippen LogP contribution in [-0.4, -0.2) is 40.9 Å². The summed E-state index contributed by atoms with van der Waals surface area (Å²) in [6, 6.07) is 0. The molecule has 3 aliphatic rings. The zero-order valence-corrected chi connectivity index (χ0v) is 14.8. The van der Waals surface area contributed by atoms with E-state index in [9.17, 15) is 15.0 Å². The van der Waals surface area contributed by atoms with Crippen LogP contribution in [0.15, 0.2) is 0 Å². The van der Waals surface area contributed by atoms with E-state index in [1.54, 1.807) is 7.11 Å². The Bertz CT molecular complexity index is 527. The summed E-state index contributed by atoms with van der Waals surface area (Å²) in [6.45, 7) is 2.00. The lowest BCUT2D eigenvalue weighted by molar-refractivity contribution is -0.207. The second kappa shape index (κ2) is 7.15. The van der Waals surface area contributed by atoms with E-state index in [-0.39, 0.29) is 29.5 Å². The number of Topliss-reactive ketones (excluding diaryl/α,β-unsaturated/α-hetero) is 1. The fraction of sp³-hybridized carbons (Fsp3) is 0.850. The predicted molar refractivity (Wildman–Crippen MR) is 91.1 cm³/mol. The van der Waals surface area contributed by atoms with Crippen LogP contribution >= 0.6 is 0 Å². The van der Waals surface area contributed by atoms with Crippen LogP contribution in [-0.2, 0) is 9.53 Å². The van der Waals surface area contributed by atoms with Gasteiger partial charge in [-0.2, -0.15) is 0 Å². The van der Waals surface area contributed by atoms with E-state index in [0.717, 1.165) is 32.1 Å². The second-order valence-corrected chi connectivity index (χ2v) is 7.76. The van der Waals surface area contributed by atoms with Crippen molar-refractivity contribution in [1.29, 1.82) is 0 Å². The molecule has 0 saturated heterocycles. The number of hydrogen-bond acceptors (Lipinski definition) is 4. The van der Waals surface area contributed by atoms with Gasteiger partial charge in [0.15, 0.2) is 5.78 Å². The molecule has 4 nitrogen and oxygen atoms in total. The molecule has 1 unspecified atom stereocenters. The van der Waals surface area contributed by atoms with Crippen LogP contribution in [0, 0.1) is 35.5 Å². The van der Waals surface area contributed by atoms with Gasteiger partial charge >= 0.3 is 0 Å². The molecule has 0 bridgehead atoms. The first-order chi connectivity index (χ1) is 11.5. The minimum absolute atomic E-state index is 0.0465. The minimum atomic E-state index is -0.755. The molecule has 0 heterocycles. The Balaban J connectivity index is 1.78. The Morgan fingerprint density at radius 2 is 2.00 bits per heavy atom. The van der Waals surface area contributed by atoms with Crippen molar-refractivity contribution in [2.75, 3.05) is 7.11 Å². The summed E-state index contributed by atoms with van der Waals surface area (Å²) in [5, 5.41) is 20.9. The lowest BCUT2D eigenvalue weighted by atomic mass is 9.49. The van der Waals surface area contributed by atoms with Crippen molar-refractivity contribution in [1.82, 2.24) is 0 Å². The normalized spacial score (nSPS) is 40.9. The van der Waals surface area contributed by atoms with Gasteiger partial charge in [0, 0.05) is 18.9 Å². The van der Waals surface area contributed by atoms with Gasteiger partial charge in [-0.3, -0.25) is 4.79 Å². The molecule has 4 heteroatoms. The van der Waals surface area contributed by atoms with Crippen LogP contribution in [0.3, 0.4) is 0 Å². The van der Waals surface area contributed by atoms with Crippen LogP contribution in [0.1, 0.15) is 58.3 Å². The first kappa shape index (κ1) is 17.9. The molecule has 0 spiro atoms. The van der Waals surface area contributed by atoms with Gasteiger partial charge in [-0.15, -0.1) is 0 Å². The monoisotopic (exact) mass is 334 g/mol. The van der Waals surface area contributed by atoms with Gasteiger partial charge in [0.2, 0.25) is 0 Å². The van der Waals surface area contributed by atoms with Gasteiger partial charge in [0.05, 0.1) is 12.0 Å². The SMILES string of the molecule is CCC1C(=O)[C@@]2(OC)CC[C@@H](O)[C@H](C#C[C@@H](O)C3CCCCC3)[C@@H]12. The Morgan fingerprint density at radius 1 is 1.29 bits per heavy atom. The third-order valence-corrected chi connectivity index (χ3v) is 6.64. The number of carbonyl (C=O) groups excluding carboxylic acids is 1. The molecule has 2 N–H and O–H groups in total. The van der Waals surface area contributed by atoms with Crippen molar-refractivity contribution < 1.29 is 19.7 Å². The molecule has 0 aromatic carbocycles. The highest BCUT2D eigenvalue weighted by Crippen LogP contribution is 2.55. The van der Waals surface area contributed by atoms with Gasteiger partial charge in [-0.25, -0.2) is 0 Å². The zero-order chi connectivity index (χ0) is 17.3. The van der Waals surface area contributed by atoms with Crippen LogP contribution < -0.4 is 0 Å². The lowest BCUT2D eigenvalue weighted by Gasteiger charge is -2.58. The minimum Gasteiger partial charge on any atom is -0.392 e. The summed E-state index contributed by atoms with van der Waals surface area (Å²) in [5.41, 5.74) is -0.755. The summed E-state index contributed by atoms with van der Waals surface area (Å²) < 4.78 is 5.63. The van der Waals surface area contributed by atoms with Gasteiger partial charge in [0.25, 0.3) is 0 Å². The van der Waals surface area contributed by atoms with Crippen LogP contribution in [0.5, 0.6) is 0 Å². The van der Waals surface area contributed by atoms with E-state index in [2.05, 4.69) is 11.8 Å². The first-order valence-corrected chi connectivity index (χ1v) is 9.51. The van der Waals surface area contributed by atoms with E-state index in [4.69, 9.17) is 4.74 Å². The Hall–Kier alpha value is -0.890. The number of rotatable bonds is 3. The molecule has 3 aliphatic carbocycles. The van der Waals surface area contributed by atoms with E-state index >= 15 is 0 Å². The summed E-state index contributed by atoms with van der Waals surface area (Å²) in [4.78, 5) is 12.5. The lowest BCUT2D eigenvalue weighted by Crippen LogP contribution is -2.70. The van der Waals surface area contributed by atoms with Gasteiger partial charge < -0.3 is 14.9 Å². The summed E-state index contributed by atoms with van der Waals surface area (Å²) in [5.74, 6) is 6.20. The molecule has 3 fully saturated rings. The maximum atomic E-state index is 12.5. The van der Waals surface area contributed by atoms with Crippen molar-refractivity contribution in [2.24, 2.45) is 23.7 Å². The Morgan fingerprint density at radius 3 is 2.62 bits per heavy atom. The molecule has 0 amide bonds. The van der Waals surface area contributed by atoms with Crippen LogP contribution in [0.2, 0.25) is 0 Å². The quantitative estimate of drug-likeness (QED) is 0.777. The predicted octanol–water partition coefficient (Wildman–Crippen LogP) is 2.31. The fourth-order valence-electron chi connectivity index (χ4n) is 5.19. The highest BCUT2D eigenvalue weighted by molar-refractivity contribution is 5.97. The average molecular weight is 334 g/mol. The number of methoxy groups -OCH3 is 1. The molecule has 0 aromatic heterocycles. The molecule has 24 heavy (non-hydrogen) atoms. The first-order valence-electron chi connectivity index (χ1n) is 9.51. The van der Waals surface area contributed by atoms with Crippen molar-refractivity contribution >= 4 is 5.78 Å². The molecule has 0 radical (unpaired) electrons. The van der Waals surface area contributed by atoms with Crippen molar-refractivity contribution in [3.05, 3.63) is 0 Å². The van der Waals surface area contributed by atoms with Crippen molar-refractivity contribution in [3.8, 4) is 11.8 Å². The number of aliphatic hydroxyl groups excluding tert-OH is 2. The number of fused-ring (bicyclic) bond motifs is 1. The molecule has 0 aliphatic heterocycles. The Kier molecular flexibility index (Phi) is 5.34. The van der Waals surface area contributed by atoms with Gasteiger partial charge in [-0.1, -0.05) is 38.0 Å². The highest BCUT2D eigenvalue weighted by Gasteiger charge is 2.66. The topological polar surface area (TPSA) is 66.8 Å². The molecule has 134 valence electrons. The van der Waals surface area contributed by atoms with E-state index in [1.165, 1.54) is 6.42 Å². The maximum absolute atomic E-state index is 12.5. The molecular weight excluding hydrogens is 304 g/mol. The standard InChI is InChI=1S/C20H30O4/c1-3-14-18-15(9-10-16(21)13-7-5-4-6-8-13)17(22)11-12-20(18,24-2)19(14)23/h13-18,21-22H,3-8,11-12H2,1-2H3/t14?,15-,16+,17+,18+,20+/m0/s1. The number of aliphatic hydroxyl groups is 2. The third-order valence-electron chi connectivity index (χ3n) is 6.64. The second-order valence-electron chi connectivity index (χ2n) is 7.76. The largest absolute Gasteiger partial charge is 0.392 e. The van der Waals surface area contributed by atoms with Crippen molar-refractivity contribution in [3.63, 3.8) is 0 Å². The van der Waals surface area contributed by atoms with Gasteiger partial charge in [-0.05, 0) is 38.0 Å². The molecule has 6 atom stereocenters. The number of hydrogen-bond donors (Lipinski definition) is 2. The highest BCUT2D eigenvalue weighted by atomic mass is 16.5. The third kappa shape index (κ3) is 2.81. The number of carbonyl (C=O) groups is 1.